The van der Waals surface area contributed by atoms with E-state index in [1.165, 1.54) is 11.1 Å². The fourth-order valence-corrected chi connectivity index (χ4v) is 1.64. The topological polar surface area (TPSA) is 25.2 Å². The Balaban J connectivity index is 1.82. The molecule has 0 saturated heterocycles. The van der Waals surface area contributed by atoms with Crippen LogP contribution in [0.2, 0.25) is 5.22 Å². The van der Waals surface area contributed by atoms with Crippen molar-refractivity contribution in [1.82, 2.24) is 5.32 Å². The van der Waals surface area contributed by atoms with Crippen LogP contribution in [0.5, 0.6) is 0 Å². The molecule has 1 heterocycles. The number of benzene rings is 1. The lowest BCUT2D eigenvalue weighted by Crippen LogP contribution is -2.11. The summed E-state index contributed by atoms with van der Waals surface area (Å²) in [6.07, 6.45) is 0. The van der Waals surface area contributed by atoms with Crippen molar-refractivity contribution in [1.29, 1.82) is 0 Å². The normalized spacial score (nSPS) is 10.6. The average Bonchev–Trinajstić information content (AvgIpc) is 2.67. The molecule has 0 saturated carbocycles. The second-order valence-corrected chi connectivity index (χ2v) is 4.17. The summed E-state index contributed by atoms with van der Waals surface area (Å²) in [6.45, 7) is 3.61. The maximum atomic E-state index is 5.68. The second-order valence-electron chi connectivity index (χ2n) is 3.79. The summed E-state index contributed by atoms with van der Waals surface area (Å²) in [7, 11) is 0. The lowest BCUT2D eigenvalue weighted by molar-refractivity contribution is 0.484. The number of nitrogens with one attached hydrogen (secondary N) is 1. The van der Waals surface area contributed by atoms with Crippen LogP contribution in [0.25, 0.3) is 0 Å². The first-order valence-corrected chi connectivity index (χ1v) is 5.62. The molecule has 2 rings (SSSR count). The smallest absolute Gasteiger partial charge is 0.193 e. The molecule has 2 aromatic rings. The minimum absolute atomic E-state index is 0.437. The van der Waals surface area contributed by atoms with E-state index in [1.807, 2.05) is 6.07 Å². The van der Waals surface area contributed by atoms with Gasteiger partial charge in [-0.25, -0.2) is 0 Å². The van der Waals surface area contributed by atoms with E-state index < -0.39 is 0 Å². The van der Waals surface area contributed by atoms with Gasteiger partial charge in [-0.15, -0.1) is 0 Å². The van der Waals surface area contributed by atoms with E-state index in [4.69, 9.17) is 16.0 Å². The zero-order valence-corrected chi connectivity index (χ0v) is 9.92. The van der Waals surface area contributed by atoms with Gasteiger partial charge in [0.25, 0.3) is 0 Å². The molecule has 1 aromatic carbocycles. The maximum Gasteiger partial charge on any atom is 0.193 e. The summed E-state index contributed by atoms with van der Waals surface area (Å²) >= 11 is 5.68. The minimum atomic E-state index is 0.437. The van der Waals surface area contributed by atoms with Gasteiger partial charge in [0.1, 0.15) is 5.76 Å². The van der Waals surface area contributed by atoms with Gasteiger partial charge in [-0.2, -0.15) is 0 Å². The predicted molar refractivity (Wildman–Crippen MR) is 65.4 cm³/mol. The van der Waals surface area contributed by atoms with Gasteiger partial charge in [-0.1, -0.05) is 29.8 Å². The SMILES string of the molecule is Cc1ccc(CNCc2ccc(Cl)o2)cc1. The minimum Gasteiger partial charge on any atom is -0.448 e. The third-order valence-electron chi connectivity index (χ3n) is 2.38. The summed E-state index contributed by atoms with van der Waals surface area (Å²) in [5.41, 5.74) is 2.55. The molecule has 1 aromatic heterocycles. The van der Waals surface area contributed by atoms with Crippen molar-refractivity contribution in [2.75, 3.05) is 0 Å². The Kier molecular flexibility index (Phi) is 3.65. The van der Waals surface area contributed by atoms with Gasteiger partial charge in [0.05, 0.1) is 6.54 Å². The van der Waals surface area contributed by atoms with Crippen molar-refractivity contribution in [2.45, 2.75) is 20.0 Å². The van der Waals surface area contributed by atoms with E-state index in [2.05, 4.69) is 36.5 Å². The molecule has 0 atom stereocenters. The van der Waals surface area contributed by atoms with Crippen LogP contribution >= 0.6 is 11.6 Å². The number of rotatable bonds is 4. The standard InChI is InChI=1S/C13H14ClNO/c1-10-2-4-11(5-3-10)8-15-9-12-6-7-13(14)16-12/h2-7,15H,8-9H2,1H3. The van der Waals surface area contributed by atoms with Crippen LogP contribution in [-0.2, 0) is 13.1 Å². The highest BCUT2D eigenvalue weighted by atomic mass is 35.5. The van der Waals surface area contributed by atoms with Crippen molar-refractivity contribution < 1.29 is 4.42 Å². The van der Waals surface area contributed by atoms with Gasteiger partial charge in [0, 0.05) is 6.54 Å². The summed E-state index contributed by atoms with van der Waals surface area (Å²) in [4.78, 5) is 0. The van der Waals surface area contributed by atoms with E-state index in [0.717, 1.165) is 12.3 Å². The molecule has 1 N–H and O–H groups in total. The van der Waals surface area contributed by atoms with Gasteiger partial charge in [-0.05, 0) is 36.2 Å². The number of furan rings is 1. The molecule has 0 bridgehead atoms. The van der Waals surface area contributed by atoms with Crippen LogP contribution in [-0.4, -0.2) is 0 Å². The molecule has 0 fully saturated rings. The first-order chi connectivity index (χ1) is 7.74. The highest BCUT2D eigenvalue weighted by molar-refractivity contribution is 6.28. The van der Waals surface area contributed by atoms with Crippen LogP contribution in [0.1, 0.15) is 16.9 Å². The van der Waals surface area contributed by atoms with Gasteiger partial charge in [0.15, 0.2) is 5.22 Å². The zero-order valence-electron chi connectivity index (χ0n) is 9.16. The van der Waals surface area contributed by atoms with Crippen molar-refractivity contribution >= 4 is 11.6 Å². The van der Waals surface area contributed by atoms with Crippen LogP contribution < -0.4 is 5.32 Å². The number of aryl methyl sites for hydroxylation is 1. The first kappa shape index (κ1) is 11.2. The van der Waals surface area contributed by atoms with Crippen LogP contribution in [0.15, 0.2) is 40.8 Å². The highest BCUT2D eigenvalue weighted by Crippen LogP contribution is 2.12. The summed E-state index contributed by atoms with van der Waals surface area (Å²) < 4.78 is 5.24. The monoisotopic (exact) mass is 235 g/mol. The van der Waals surface area contributed by atoms with Crippen molar-refractivity contribution in [3.05, 3.63) is 58.5 Å². The Bertz CT molecular complexity index is 447. The van der Waals surface area contributed by atoms with Crippen molar-refractivity contribution in [3.63, 3.8) is 0 Å². The lowest BCUT2D eigenvalue weighted by Gasteiger charge is -2.03. The van der Waals surface area contributed by atoms with Crippen LogP contribution in [0.3, 0.4) is 0 Å². The quantitative estimate of drug-likeness (QED) is 0.877. The van der Waals surface area contributed by atoms with E-state index in [1.54, 1.807) is 6.07 Å². The maximum absolute atomic E-state index is 5.68. The molecule has 0 aliphatic carbocycles. The predicted octanol–water partition coefficient (Wildman–Crippen LogP) is 3.53. The Morgan fingerprint density at radius 3 is 2.44 bits per heavy atom. The van der Waals surface area contributed by atoms with Gasteiger partial charge >= 0.3 is 0 Å². The van der Waals surface area contributed by atoms with Gasteiger partial charge < -0.3 is 9.73 Å². The fourth-order valence-electron chi connectivity index (χ4n) is 1.48. The zero-order chi connectivity index (χ0) is 11.4. The lowest BCUT2D eigenvalue weighted by atomic mass is 10.1. The Morgan fingerprint density at radius 2 is 1.81 bits per heavy atom. The average molecular weight is 236 g/mol. The highest BCUT2D eigenvalue weighted by Gasteiger charge is 1.99. The molecule has 0 amide bonds. The third-order valence-corrected chi connectivity index (χ3v) is 2.58. The third kappa shape index (κ3) is 3.12. The number of hydrogen-bond donors (Lipinski definition) is 1. The summed E-state index contributed by atoms with van der Waals surface area (Å²) in [5.74, 6) is 0.858. The van der Waals surface area contributed by atoms with Crippen LogP contribution in [0, 0.1) is 6.92 Å². The van der Waals surface area contributed by atoms with E-state index in [0.29, 0.717) is 11.8 Å². The Morgan fingerprint density at radius 1 is 1.06 bits per heavy atom. The van der Waals surface area contributed by atoms with Crippen LogP contribution in [0.4, 0.5) is 0 Å². The van der Waals surface area contributed by atoms with Crippen molar-refractivity contribution in [3.8, 4) is 0 Å². The molecule has 2 nitrogen and oxygen atoms in total. The molecule has 3 heteroatoms. The van der Waals surface area contributed by atoms with E-state index >= 15 is 0 Å². The summed E-state index contributed by atoms with van der Waals surface area (Å²) in [6, 6.07) is 12.1. The van der Waals surface area contributed by atoms with Crippen molar-refractivity contribution in [2.24, 2.45) is 0 Å². The molecule has 84 valence electrons. The molecular formula is C13H14ClNO. The summed E-state index contributed by atoms with van der Waals surface area (Å²) in [5, 5.41) is 3.74. The molecule has 0 unspecified atom stereocenters. The Labute approximate surface area is 100 Å². The number of halogens is 1. The molecule has 0 aliphatic heterocycles. The molecule has 0 spiro atoms. The second kappa shape index (κ2) is 5.19. The van der Waals surface area contributed by atoms with Gasteiger partial charge in [-0.3, -0.25) is 0 Å². The molecule has 0 radical (unpaired) electrons. The molecular weight excluding hydrogens is 222 g/mol. The molecule has 16 heavy (non-hydrogen) atoms. The molecule has 0 aliphatic rings. The van der Waals surface area contributed by atoms with E-state index in [-0.39, 0.29) is 0 Å². The van der Waals surface area contributed by atoms with E-state index in [9.17, 15) is 0 Å². The fraction of sp³-hybridized carbons (Fsp3) is 0.231. The number of hydrogen-bond acceptors (Lipinski definition) is 2. The largest absolute Gasteiger partial charge is 0.448 e. The Hall–Kier alpha value is -1.25. The first-order valence-electron chi connectivity index (χ1n) is 5.24. The van der Waals surface area contributed by atoms with Gasteiger partial charge in [0.2, 0.25) is 0 Å².